The van der Waals surface area contributed by atoms with Crippen LogP contribution in [0.1, 0.15) is 36.0 Å². The number of carbonyl (C=O) groups excluding carboxylic acids is 1. The summed E-state index contributed by atoms with van der Waals surface area (Å²) in [4.78, 5) is 18.4. The Morgan fingerprint density at radius 3 is 2.48 bits per heavy atom. The van der Waals surface area contributed by atoms with E-state index in [1.54, 1.807) is 67.7 Å². The van der Waals surface area contributed by atoms with Gasteiger partial charge < -0.3 is 20.4 Å². The third-order valence-corrected chi connectivity index (χ3v) is 6.31. The average Bonchev–Trinajstić information content (AvgIpc) is 3.32. The van der Waals surface area contributed by atoms with Gasteiger partial charge in [-0.2, -0.15) is 13.2 Å². The first-order valence-corrected chi connectivity index (χ1v) is 12.9. The van der Waals surface area contributed by atoms with Gasteiger partial charge in [-0.3, -0.25) is 4.79 Å². The third-order valence-electron chi connectivity index (χ3n) is 6.31. The standard InChI is InChI=1S/C30H30F4N4O2/c1-35-27(39)8-5-13-36-14-15-40-28-12-10-22(18-38-28)29(21-9-11-26-23(16-21)25(31)19-37-26)24(17-30(32,33)34)20-6-3-2-4-7-20/h2-4,6-7,9-12,16,18-19,36-37H,5,8,13-15,17H2,1H3,(H,35,39). The van der Waals surface area contributed by atoms with Gasteiger partial charge in [-0.25, -0.2) is 9.37 Å². The molecule has 0 aliphatic carbocycles. The second-order valence-corrected chi connectivity index (χ2v) is 9.17. The van der Waals surface area contributed by atoms with Crippen molar-refractivity contribution >= 4 is 28.0 Å². The van der Waals surface area contributed by atoms with Crippen LogP contribution in [0.4, 0.5) is 17.6 Å². The molecule has 2 heterocycles. The number of allylic oxidation sites excluding steroid dienone is 1. The second kappa shape index (κ2) is 13.3. The first kappa shape index (κ1) is 28.8. The molecule has 1 amide bonds. The van der Waals surface area contributed by atoms with Crippen LogP contribution in [0.3, 0.4) is 0 Å². The lowest BCUT2D eigenvalue weighted by Gasteiger charge is -2.19. The Hall–Kier alpha value is -4.18. The number of aromatic nitrogens is 2. The Bertz CT molecular complexity index is 1450. The molecule has 0 aliphatic rings. The van der Waals surface area contributed by atoms with Crippen molar-refractivity contribution in [2.75, 3.05) is 26.7 Å². The number of amides is 1. The van der Waals surface area contributed by atoms with Gasteiger partial charge in [0.25, 0.3) is 0 Å². The highest BCUT2D eigenvalue weighted by Crippen LogP contribution is 2.40. The van der Waals surface area contributed by atoms with E-state index in [1.807, 2.05) is 0 Å². The highest BCUT2D eigenvalue weighted by Gasteiger charge is 2.31. The SMILES string of the molecule is CNC(=O)CCCNCCOc1ccc(C(=C(CC(F)(F)F)c2ccccc2)c2ccc3[nH]cc(F)c3c2)cn1. The summed E-state index contributed by atoms with van der Waals surface area (Å²) in [7, 11) is 1.60. The molecule has 0 fully saturated rings. The molecule has 0 atom stereocenters. The topological polar surface area (TPSA) is 79.0 Å². The summed E-state index contributed by atoms with van der Waals surface area (Å²) in [6.45, 7) is 1.51. The molecular weight excluding hydrogens is 524 g/mol. The molecule has 0 aliphatic heterocycles. The number of nitrogens with one attached hydrogen (secondary N) is 3. The summed E-state index contributed by atoms with van der Waals surface area (Å²) >= 11 is 0. The van der Waals surface area contributed by atoms with Crippen molar-refractivity contribution in [3.05, 3.63) is 95.6 Å². The number of aromatic amines is 1. The van der Waals surface area contributed by atoms with Gasteiger partial charge in [-0.05, 0) is 53.4 Å². The smallest absolute Gasteiger partial charge is 0.393 e. The molecule has 210 valence electrons. The normalized spacial score (nSPS) is 12.3. The van der Waals surface area contributed by atoms with Crippen LogP contribution in [0.5, 0.6) is 5.88 Å². The van der Waals surface area contributed by atoms with Gasteiger partial charge in [0.15, 0.2) is 0 Å². The predicted octanol–water partition coefficient (Wildman–Crippen LogP) is 6.11. The fourth-order valence-electron chi connectivity index (χ4n) is 4.40. The summed E-state index contributed by atoms with van der Waals surface area (Å²) in [5.41, 5.74) is 2.19. The second-order valence-electron chi connectivity index (χ2n) is 9.17. The van der Waals surface area contributed by atoms with Gasteiger partial charge in [0.05, 0.1) is 6.42 Å². The monoisotopic (exact) mass is 554 g/mol. The van der Waals surface area contributed by atoms with E-state index >= 15 is 0 Å². The molecule has 40 heavy (non-hydrogen) atoms. The molecule has 0 bridgehead atoms. The highest BCUT2D eigenvalue weighted by atomic mass is 19.4. The van der Waals surface area contributed by atoms with E-state index in [-0.39, 0.29) is 16.9 Å². The Morgan fingerprint density at radius 1 is 1.00 bits per heavy atom. The number of ether oxygens (including phenoxy) is 1. The van der Waals surface area contributed by atoms with Crippen molar-refractivity contribution < 1.29 is 27.1 Å². The van der Waals surface area contributed by atoms with Crippen molar-refractivity contribution in [1.82, 2.24) is 20.6 Å². The number of rotatable bonds is 12. The van der Waals surface area contributed by atoms with E-state index in [0.717, 1.165) is 0 Å². The lowest BCUT2D eigenvalue weighted by atomic mass is 9.88. The molecule has 2 aromatic carbocycles. The minimum Gasteiger partial charge on any atom is -0.476 e. The van der Waals surface area contributed by atoms with Gasteiger partial charge in [0, 0.05) is 54.9 Å². The van der Waals surface area contributed by atoms with Gasteiger partial charge in [0.2, 0.25) is 11.8 Å². The van der Waals surface area contributed by atoms with Crippen molar-refractivity contribution in [2.45, 2.75) is 25.4 Å². The maximum absolute atomic E-state index is 14.4. The Kier molecular flexibility index (Phi) is 9.55. The minimum absolute atomic E-state index is 0.0143. The van der Waals surface area contributed by atoms with E-state index in [2.05, 4.69) is 20.6 Å². The Morgan fingerprint density at radius 2 is 1.77 bits per heavy atom. The average molecular weight is 555 g/mol. The van der Waals surface area contributed by atoms with Crippen molar-refractivity contribution in [3.63, 3.8) is 0 Å². The number of alkyl halides is 3. The van der Waals surface area contributed by atoms with Crippen LogP contribution in [0.2, 0.25) is 0 Å². The fourth-order valence-corrected chi connectivity index (χ4v) is 4.40. The zero-order valence-corrected chi connectivity index (χ0v) is 21.9. The largest absolute Gasteiger partial charge is 0.476 e. The molecule has 0 spiro atoms. The molecule has 4 rings (SSSR count). The summed E-state index contributed by atoms with van der Waals surface area (Å²) in [6.07, 6.45) is -1.84. The van der Waals surface area contributed by atoms with Crippen LogP contribution in [0.15, 0.2) is 73.1 Å². The lowest BCUT2D eigenvalue weighted by molar-refractivity contribution is -0.123. The van der Waals surface area contributed by atoms with E-state index in [1.165, 1.54) is 12.4 Å². The highest BCUT2D eigenvalue weighted by molar-refractivity contribution is 6.00. The van der Waals surface area contributed by atoms with E-state index in [0.29, 0.717) is 66.2 Å². The molecular formula is C30H30F4N4O2. The number of carbonyl (C=O) groups is 1. The Balaban J connectivity index is 1.62. The molecule has 3 N–H and O–H groups in total. The summed E-state index contributed by atoms with van der Waals surface area (Å²) in [5.74, 6) is -0.184. The lowest BCUT2D eigenvalue weighted by Crippen LogP contribution is -2.24. The number of halogens is 4. The van der Waals surface area contributed by atoms with Crippen LogP contribution < -0.4 is 15.4 Å². The summed E-state index contributed by atoms with van der Waals surface area (Å²) < 4.78 is 61.7. The van der Waals surface area contributed by atoms with Crippen LogP contribution in [0, 0.1) is 5.82 Å². The van der Waals surface area contributed by atoms with Crippen LogP contribution in [-0.2, 0) is 4.79 Å². The Labute approximate surface area is 229 Å². The van der Waals surface area contributed by atoms with E-state index in [4.69, 9.17) is 4.74 Å². The quantitative estimate of drug-likeness (QED) is 0.112. The number of H-pyrrole nitrogens is 1. The van der Waals surface area contributed by atoms with Crippen molar-refractivity contribution in [2.24, 2.45) is 0 Å². The number of hydrogen-bond donors (Lipinski definition) is 3. The van der Waals surface area contributed by atoms with Gasteiger partial charge in [0.1, 0.15) is 12.4 Å². The van der Waals surface area contributed by atoms with Crippen molar-refractivity contribution in [1.29, 1.82) is 0 Å². The molecule has 6 nitrogen and oxygen atoms in total. The predicted molar refractivity (Wildman–Crippen MR) is 147 cm³/mol. The third kappa shape index (κ3) is 7.69. The number of fused-ring (bicyclic) bond motifs is 1. The van der Waals surface area contributed by atoms with Gasteiger partial charge >= 0.3 is 6.18 Å². The number of pyridine rings is 1. The zero-order chi connectivity index (χ0) is 28.5. The number of benzene rings is 2. The number of nitrogens with zero attached hydrogens (tertiary/aromatic N) is 1. The molecule has 4 aromatic rings. The fraction of sp³-hybridized carbons (Fsp3) is 0.267. The molecule has 2 aromatic heterocycles. The molecule has 0 unspecified atom stereocenters. The maximum atomic E-state index is 14.4. The van der Waals surface area contributed by atoms with Gasteiger partial charge in [-0.1, -0.05) is 36.4 Å². The van der Waals surface area contributed by atoms with Crippen LogP contribution in [0.25, 0.3) is 22.0 Å². The first-order chi connectivity index (χ1) is 19.2. The van der Waals surface area contributed by atoms with Crippen molar-refractivity contribution in [3.8, 4) is 5.88 Å². The van der Waals surface area contributed by atoms with Gasteiger partial charge in [-0.15, -0.1) is 0 Å². The summed E-state index contributed by atoms with van der Waals surface area (Å²) in [6, 6.07) is 16.5. The van der Waals surface area contributed by atoms with E-state index in [9.17, 15) is 22.4 Å². The molecule has 0 radical (unpaired) electrons. The maximum Gasteiger partial charge on any atom is 0.393 e. The molecule has 0 saturated carbocycles. The van der Waals surface area contributed by atoms with Crippen LogP contribution >= 0.6 is 0 Å². The first-order valence-electron chi connectivity index (χ1n) is 12.9. The van der Waals surface area contributed by atoms with Crippen LogP contribution in [-0.4, -0.2) is 48.8 Å². The minimum atomic E-state index is -4.48. The number of hydrogen-bond acceptors (Lipinski definition) is 4. The van der Waals surface area contributed by atoms with E-state index < -0.39 is 18.4 Å². The zero-order valence-electron chi connectivity index (χ0n) is 21.9. The molecule has 10 heteroatoms. The molecule has 0 saturated heterocycles. The summed E-state index contributed by atoms with van der Waals surface area (Å²) in [5, 5.41) is 6.03.